The first-order valence-electron chi connectivity index (χ1n) is 7.34. The molecule has 1 saturated carbocycles. The van der Waals surface area contributed by atoms with Crippen molar-refractivity contribution in [3.8, 4) is 5.75 Å². The van der Waals surface area contributed by atoms with E-state index in [1.807, 2.05) is 12.1 Å². The van der Waals surface area contributed by atoms with Gasteiger partial charge in [-0.3, -0.25) is 0 Å². The van der Waals surface area contributed by atoms with Crippen LogP contribution in [0.4, 0.5) is 0 Å². The molecule has 0 radical (unpaired) electrons. The number of rotatable bonds is 5. The van der Waals surface area contributed by atoms with Gasteiger partial charge in [-0.2, -0.15) is 0 Å². The number of benzene rings is 1. The molecule has 4 heteroatoms. The first-order valence-corrected chi connectivity index (χ1v) is 8.10. The number of methoxy groups -OCH3 is 1. The molecular weight excluding hydrogens is 293 g/mol. The summed E-state index contributed by atoms with van der Waals surface area (Å²) in [4.78, 5) is 0. The molecule has 1 N–H and O–H groups in total. The largest absolute Gasteiger partial charge is 0.495 e. The van der Waals surface area contributed by atoms with E-state index >= 15 is 0 Å². The summed E-state index contributed by atoms with van der Waals surface area (Å²) >= 11 is 12.7. The summed E-state index contributed by atoms with van der Waals surface area (Å²) in [5, 5.41) is 4.95. The van der Waals surface area contributed by atoms with E-state index in [9.17, 15) is 0 Å². The number of hydrogen-bond donors (Lipinski definition) is 1. The number of ether oxygens (including phenoxy) is 1. The lowest BCUT2D eigenvalue weighted by Gasteiger charge is -2.29. The molecule has 1 aromatic carbocycles. The van der Waals surface area contributed by atoms with Crippen LogP contribution in [0, 0.1) is 11.8 Å². The van der Waals surface area contributed by atoms with Crippen LogP contribution in [-0.2, 0) is 0 Å². The highest BCUT2D eigenvalue weighted by Gasteiger charge is 2.32. The summed E-state index contributed by atoms with van der Waals surface area (Å²) in [5.41, 5.74) is 1.10. The standard InChI is InChI=1S/C16H23Cl2NO/c1-4-19-16(11-7-5-6-10(11)2)12-8-14(18)15(20-3)9-13(12)17/h8-11,16,19H,4-7H2,1-3H3. The third-order valence-corrected chi connectivity index (χ3v) is 5.01. The van der Waals surface area contributed by atoms with E-state index in [0.29, 0.717) is 16.7 Å². The van der Waals surface area contributed by atoms with Crippen molar-refractivity contribution in [2.45, 2.75) is 39.2 Å². The Morgan fingerprint density at radius 3 is 2.60 bits per heavy atom. The average molecular weight is 316 g/mol. The molecule has 0 saturated heterocycles. The van der Waals surface area contributed by atoms with Gasteiger partial charge < -0.3 is 10.1 Å². The van der Waals surface area contributed by atoms with E-state index in [-0.39, 0.29) is 6.04 Å². The second-order valence-electron chi connectivity index (χ2n) is 5.62. The molecule has 0 heterocycles. The van der Waals surface area contributed by atoms with E-state index in [0.717, 1.165) is 23.0 Å². The molecule has 0 spiro atoms. The summed E-state index contributed by atoms with van der Waals surface area (Å²) in [6.45, 7) is 5.39. The van der Waals surface area contributed by atoms with Gasteiger partial charge in [0, 0.05) is 17.1 Å². The fourth-order valence-corrected chi connectivity index (χ4v) is 3.84. The predicted octanol–water partition coefficient (Wildman–Crippen LogP) is 5.09. The van der Waals surface area contributed by atoms with Crippen molar-refractivity contribution >= 4 is 23.2 Å². The topological polar surface area (TPSA) is 21.3 Å². The average Bonchev–Trinajstić information content (AvgIpc) is 2.84. The third kappa shape index (κ3) is 3.24. The quantitative estimate of drug-likeness (QED) is 0.817. The van der Waals surface area contributed by atoms with Crippen molar-refractivity contribution in [1.29, 1.82) is 0 Å². The minimum atomic E-state index is 0.272. The van der Waals surface area contributed by atoms with E-state index in [1.54, 1.807) is 7.11 Å². The Hall–Kier alpha value is -0.440. The van der Waals surface area contributed by atoms with E-state index < -0.39 is 0 Å². The van der Waals surface area contributed by atoms with Gasteiger partial charge in [0.1, 0.15) is 5.75 Å². The molecule has 20 heavy (non-hydrogen) atoms. The summed E-state index contributed by atoms with van der Waals surface area (Å²) < 4.78 is 5.23. The lowest BCUT2D eigenvalue weighted by molar-refractivity contribution is 0.305. The molecule has 112 valence electrons. The van der Waals surface area contributed by atoms with E-state index in [2.05, 4.69) is 19.2 Å². The summed E-state index contributed by atoms with van der Waals surface area (Å²) in [7, 11) is 1.61. The van der Waals surface area contributed by atoms with Crippen molar-refractivity contribution in [3.05, 3.63) is 27.7 Å². The monoisotopic (exact) mass is 315 g/mol. The summed E-state index contributed by atoms with van der Waals surface area (Å²) in [6.07, 6.45) is 3.85. The number of hydrogen-bond acceptors (Lipinski definition) is 2. The zero-order valence-corrected chi connectivity index (χ0v) is 13.9. The van der Waals surface area contributed by atoms with Gasteiger partial charge in [0.15, 0.2) is 0 Å². The Morgan fingerprint density at radius 2 is 2.05 bits per heavy atom. The summed E-state index contributed by atoms with van der Waals surface area (Å²) in [6, 6.07) is 4.05. The number of nitrogens with one attached hydrogen (secondary N) is 1. The molecule has 1 aliphatic carbocycles. The number of halogens is 2. The highest BCUT2D eigenvalue weighted by atomic mass is 35.5. The zero-order chi connectivity index (χ0) is 14.7. The van der Waals surface area contributed by atoms with Crippen LogP contribution in [0.1, 0.15) is 44.7 Å². The van der Waals surface area contributed by atoms with Crippen LogP contribution in [0.25, 0.3) is 0 Å². The highest BCUT2D eigenvalue weighted by Crippen LogP contribution is 2.43. The highest BCUT2D eigenvalue weighted by molar-refractivity contribution is 6.34. The molecule has 3 atom stereocenters. The third-order valence-electron chi connectivity index (χ3n) is 4.39. The second kappa shape index (κ2) is 7.02. The Morgan fingerprint density at radius 1 is 1.30 bits per heavy atom. The normalized spacial score (nSPS) is 23.9. The van der Waals surface area contributed by atoms with Crippen molar-refractivity contribution in [3.63, 3.8) is 0 Å². The SMILES string of the molecule is CCNC(c1cc(Cl)c(OC)cc1Cl)C1CCCC1C. The predicted molar refractivity (Wildman–Crippen MR) is 85.9 cm³/mol. The maximum absolute atomic E-state index is 6.46. The smallest absolute Gasteiger partial charge is 0.138 e. The lowest BCUT2D eigenvalue weighted by atomic mass is 9.85. The lowest BCUT2D eigenvalue weighted by Crippen LogP contribution is -2.30. The Bertz CT molecular complexity index is 464. The van der Waals surface area contributed by atoms with Crippen LogP contribution in [0.3, 0.4) is 0 Å². The minimum absolute atomic E-state index is 0.272. The Kier molecular flexibility index (Phi) is 5.59. The molecule has 2 rings (SSSR count). The van der Waals surface area contributed by atoms with Crippen LogP contribution in [0.5, 0.6) is 5.75 Å². The van der Waals surface area contributed by atoms with Gasteiger partial charge in [-0.1, -0.05) is 49.9 Å². The van der Waals surface area contributed by atoms with Gasteiger partial charge in [0.2, 0.25) is 0 Å². The fraction of sp³-hybridized carbons (Fsp3) is 0.625. The van der Waals surface area contributed by atoms with Crippen LogP contribution < -0.4 is 10.1 Å². The van der Waals surface area contributed by atoms with Crippen LogP contribution in [0.15, 0.2) is 12.1 Å². The van der Waals surface area contributed by atoms with Crippen LogP contribution >= 0.6 is 23.2 Å². The molecule has 1 aromatic rings. The minimum Gasteiger partial charge on any atom is -0.495 e. The Balaban J connectivity index is 2.36. The molecule has 0 amide bonds. The van der Waals surface area contributed by atoms with Crippen LogP contribution in [-0.4, -0.2) is 13.7 Å². The maximum atomic E-state index is 6.46. The van der Waals surface area contributed by atoms with Crippen molar-refractivity contribution < 1.29 is 4.74 Å². The molecule has 0 bridgehead atoms. The first-order chi connectivity index (χ1) is 9.58. The van der Waals surface area contributed by atoms with E-state index in [4.69, 9.17) is 27.9 Å². The van der Waals surface area contributed by atoms with Gasteiger partial charge in [-0.05, 0) is 36.4 Å². The van der Waals surface area contributed by atoms with Crippen molar-refractivity contribution in [2.75, 3.05) is 13.7 Å². The fourth-order valence-electron chi connectivity index (χ4n) is 3.32. The molecule has 3 unspecified atom stereocenters. The van der Waals surface area contributed by atoms with Gasteiger partial charge in [-0.15, -0.1) is 0 Å². The first kappa shape index (κ1) is 15.9. The van der Waals surface area contributed by atoms with Crippen molar-refractivity contribution in [1.82, 2.24) is 5.32 Å². The van der Waals surface area contributed by atoms with Gasteiger partial charge in [-0.25, -0.2) is 0 Å². The molecule has 0 aromatic heterocycles. The van der Waals surface area contributed by atoms with Crippen molar-refractivity contribution in [2.24, 2.45) is 11.8 Å². The van der Waals surface area contributed by atoms with Crippen LogP contribution in [0.2, 0.25) is 10.0 Å². The van der Waals surface area contributed by atoms with Gasteiger partial charge >= 0.3 is 0 Å². The molecule has 1 fully saturated rings. The molecular formula is C16H23Cl2NO. The zero-order valence-electron chi connectivity index (χ0n) is 12.4. The van der Waals surface area contributed by atoms with Gasteiger partial charge in [0.25, 0.3) is 0 Å². The molecule has 1 aliphatic rings. The molecule has 2 nitrogen and oxygen atoms in total. The second-order valence-corrected chi connectivity index (χ2v) is 6.43. The van der Waals surface area contributed by atoms with Gasteiger partial charge in [0.05, 0.1) is 12.1 Å². The summed E-state index contributed by atoms with van der Waals surface area (Å²) in [5.74, 6) is 1.98. The Labute approximate surface area is 131 Å². The molecule has 0 aliphatic heterocycles. The van der Waals surface area contributed by atoms with E-state index in [1.165, 1.54) is 19.3 Å². The maximum Gasteiger partial charge on any atom is 0.138 e.